The van der Waals surface area contributed by atoms with Crippen molar-refractivity contribution in [1.29, 1.82) is 0 Å². The third-order valence-corrected chi connectivity index (χ3v) is 6.22. The van der Waals surface area contributed by atoms with Gasteiger partial charge < -0.3 is 0 Å². The second-order valence-electron chi connectivity index (χ2n) is 5.83. The summed E-state index contributed by atoms with van der Waals surface area (Å²) in [4.78, 5) is 24.5. The molecule has 1 aliphatic heterocycles. The van der Waals surface area contributed by atoms with Crippen LogP contribution < -0.4 is 0 Å². The molecule has 8 nitrogen and oxygen atoms in total. The van der Waals surface area contributed by atoms with Crippen LogP contribution in [0.5, 0.6) is 0 Å². The highest BCUT2D eigenvalue weighted by atomic mass is 32.2. The average molecular weight is 429 g/mol. The fourth-order valence-electron chi connectivity index (χ4n) is 2.49. The predicted octanol–water partition coefficient (Wildman–Crippen LogP) is 3.44. The summed E-state index contributed by atoms with van der Waals surface area (Å²) in [6, 6.07) is 13.5. The van der Waals surface area contributed by atoms with Gasteiger partial charge in [-0.05, 0) is 35.5 Å². The summed E-state index contributed by atoms with van der Waals surface area (Å²) in [5.41, 5.74) is 0.332. The summed E-state index contributed by atoms with van der Waals surface area (Å²) < 4.78 is 29.0. The molecule has 29 heavy (non-hydrogen) atoms. The van der Waals surface area contributed by atoms with Crippen molar-refractivity contribution in [2.75, 3.05) is 6.54 Å². The molecule has 0 aliphatic carbocycles. The lowest BCUT2D eigenvalue weighted by Crippen LogP contribution is -2.29. The van der Waals surface area contributed by atoms with Crippen molar-refractivity contribution in [1.82, 2.24) is 4.90 Å². The van der Waals surface area contributed by atoms with Crippen LogP contribution in [0.25, 0.3) is 6.08 Å². The highest BCUT2D eigenvalue weighted by Gasteiger charge is 2.34. The van der Waals surface area contributed by atoms with Crippen LogP contribution in [0.3, 0.4) is 0 Å². The first-order chi connectivity index (χ1) is 13.8. The number of amides is 1. The van der Waals surface area contributed by atoms with Gasteiger partial charge in [-0.15, -0.1) is 11.0 Å². The van der Waals surface area contributed by atoms with E-state index in [0.717, 1.165) is 11.8 Å². The van der Waals surface area contributed by atoms with E-state index in [2.05, 4.69) is 11.0 Å². The molecule has 1 aliphatic rings. The second-order valence-corrected chi connectivity index (χ2v) is 8.44. The first-order valence-corrected chi connectivity index (χ1v) is 10.5. The number of benzene rings is 2. The minimum absolute atomic E-state index is 0.00423. The molecule has 2 aromatic carbocycles. The molecule has 0 spiro atoms. The molecule has 3 rings (SSSR count). The van der Waals surface area contributed by atoms with E-state index >= 15 is 0 Å². The smallest absolute Gasteiger partial charge is 0.282 e. The van der Waals surface area contributed by atoms with Crippen molar-refractivity contribution in [3.63, 3.8) is 0 Å². The standard InChI is InChI=1S/C19H15N3O5S2/c1-2-11-21-18(23)17(13-14-7-6-8-15(12-14)22(24)25)28-19(21)20-29(26,27)16-9-4-3-5-10-16/h2-10,12-13H,1,11H2. The summed E-state index contributed by atoms with van der Waals surface area (Å²) in [5.74, 6) is -0.455. The Morgan fingerprint density at radius 1 is 1.17 bits per heavy atom. The summed E-state index contributed by atoms with van der Waals surface area (Å²) in [7, 11) is -4.01. The number of sulfonamides is 1. The Balaban J connectivity index is 2.00. The molecule has 2 aromatic rings. The van der Waals surface area contributed by atoms with Crippen molar-refractivity contribution >= 4 is 44.6 Å². The van der Waals surface area contributed by atoms with Crippen LogP contribution in [0.4, 0.5) is 5.69 Å². The fraction of sp³-hybridized carbons (Fsp3) is 0.0526. The molecule has 0 unspecified atom stereocenters. The van der Waals surface area contributed by atoms with Crippen molar-refractivity contribution in [3.8, 4) is 0 Å². The summed E-state index contributed by atoms with van der Waals surface area (Å²) in [5, 5.41) is 10.9. The first kappa shape index (κ1) is 20.5. The molecule has 0 bridgehead atoms. The number of amidine groups is 1. The zero-order valence-electron chi connectivity index (χ0n) is 15.0. The molecule has 0 N–H and O–H groups in total. The first-order valence-electron chi connectivity index (χ1n) is 8.28. The number of nitro benzene ring substituents is 1. The molecule has 0 radical (unpaired) electrons. The van der Waals surface area contributed by atoms with Crippen LogP contribution in [-0.2, 0) is 14.8 Å². The van der Waals surface area contributed by atoms with Gasteiger partial charge in [0, 0.05) is 18.7 Å². The van der Waals surface area contributed by atoms with E-state index in [1.54, 1.807) is 24.3 Å². The van der Waals surface area contributed by atoms with E-state index in [-0.39, 0.29) is 27.2 Å². The van der Waals surface area contributed by atoms with Gasteiger partial charge in [-0.1, -0.05) is 36.4 Å². The molecule has 10 heteroatoms. The molecule has 1 amide bonds. The van der Waals surface area contributed by atoms with Gasteiger partial charge in [0.25, 0.3) is 21.6 Å². The molecule has 0 atom stereocenters. The summed E-state index contributed by atoms with van der Waals surface area (Å²) >= 11 is 0.888. The molecular formula is C19H15N3O5S2. The highest BCUT2D eigenvalue weighted by Crippen LogP contribution is 2.34. The van der Waals surface area contributed by atoms with E-state index in [1.807, 2.05) is 0 Å². The maximum Gasteiger partial charge on any atom is 0.284 e. The SMILES string of the molecule is C=CCN1C(=O)C(=Cc2cccc([N+](=O)[O-])c2)SC1=NS(=O)(=O)c1ccccc1. The number of carbonyl (C=O) groups is 1. The van der Waals surface area contributed by atoms with E-state index in [0.29, 0.717) is 5.56 Å². The van der Waals surface area contributed by atoms with Crippen molar-refractivity contribution < 1.29 is 18.1 Å². The van der Waals surface area contributed by atoms with Crippen molar-refractivity contribution in [3.05, 3.63) is 87.8 Å². The van der Waals surface area contributed by atoms with Crippen molar-refractivity contribution in [2.45, 2.75) is 4.90 Å². The Morgan fingerprint density at radius 3 is 2.55 bits per heavy atom. The average Bonchev–Trinajstić information content (AvgIpc) is 2.97. The summed E-state index contributed by atoms with van der Waals surface area (Å²) in [6.45, 7) is 3.66. The number of nitrogens with zero attached hydrogens (tertiary/aromatic N) is 3. The van der Waals surface area contributed by atoms with Gasteiger partial charge in [-0.25, -0.2) is 0 Å². The Kier molecular flexibility index (Phi) is 5.95. The lowest BCUT2D eigenvalue weighted by atomic mass is 10.2. The number of hydrogen-bond donors (Lipinski definition) is 0. The van der Waals surface area contributed by atoms with Crippen LogP contribution in [0.15, 0.2) is 81.5 Å². The molecular weight excluding hydrogens is 414 g/mol. The third kappa shape index (κ3) is 4.61. The normalized spacial score (nSPS) is 17.1. The van der Waals surface area contributed by atoms with Gasteiger partial charge >= 0.3 is 0 Å². The monoisotopic (exact) mass is 429 g/mol. The lowest BCUT2D eigenvalue weighted by Gasteiger charge is -2.12. The minimum atomic E-state index is -4.01. The van der Waals surface area contributed by atoms with E-state index < -0.39 is 20.9 Å². The Morgan fingerprint density at radius 2 is 1.90 bits per heavy atom. The van der Waals surface area contributed by atoms with E-state index in [4.69, 9.17) is 0 Å². The van der Waals surface area contributed by atoms with Crippen LogP contribution >= 0.6 is 11.8 Å². The third-order valence-electron chi connectivity index (χ3n) is 3.82. The van der Waals surface area contributed by atoms with Crippen LogP contribution in [-0.4, -0.2) is 35.9 Å². The molecule has 1 saturated heterocycles. The molecule has 0 aromatic heterocycles. The van der Waals surface area contributed by atoms with Gasteiger partial charge in [-0.3, -0.25) is 19.8 Å². The van der Waals surface area contributed by atoms with E-state index in [1.165, 1.54) is 47.4 Å². The van der Waals surface area contributed by atoms with Gasteiger partial charge in [0.2, 0.25) is 0 Å². The fourth-order valence-corrected chi connectivity index (χ4v) is 4.70. The maximum atomic E-state index is 12.7. The van der Waals surface area contributed by atoms with Gasteiger partial charge in [0.05, 0.1) is 14.7 Å². The van der Waals surface area contributed by atoms with Gasteiger partial charge in [-0.2, -0.15) is 8.42 Å². The number of rotatable bonds is 6. The minimum Gasteiger partial charge on any atom is -0.282 e. The number of non-ortho nitro benzene ring substituents is 1. The molecule has 1 fully saturated rings. The number of nitro groups is 1. The summed E-state index contributed by atoms with van der Waals surface area (Å²) in [6.07, 6.45) is 2.92. The highest BCUT2D eigenvalue weighted by molar-refractivity contribution is 8.19. The zero-order valence-corrected chi connectivity index (χ0v) is 16.6. The zero-order chi connectivity index (χ0) is 21.0. The van der Waals surface area contributed by atoms with Gasteiger partial charge in [0.15, 0.2) is 5.17 Å². The van der Waals surface area contributed by atoms with Crippen LogP contribution in [0.1, 0.15) is 5.56 Å². The van der Waals surface area contributed by atoms with Gasteiger partial charge in [0.1, 0.15) is 0 Å². The lowest BCUT2D eigenvalue weighted by molar-refractivity contribution is -0.384. The van der Waals surface area contributed by atoms with E-state index in [9.17, 15) is 23.3 Å². The number of carbonyl (C=O) groups excluding carboxylic acids is 1. The maximum absolute atomic E-state index is 12.7. The second kappa shape index (κ2) is 8.41. The predicted molar refractivity (Wildman–Crippen MR) is 112 cm³/mol. The van der Waals surface area contributed by atoms with Crippen LogP contribution in [0, 0.1) is 10.1 Å². The molecule has 0 saturated carbocycles. The topological polar surface area (TPSA) is 110 Å². The Labute approximate surface area is 171 Å². The Hall–Kier alpha value is -3.24. The molecule has 148 valence electrons. The Bertz CT molecular complexity index is 1140. The molecule has 1 heterocycles. The number of thioether (sulfide) groups is 1. The quantitative estimate of drug-likeness (QED) is 0.301. The van der Waals surface area contributed by atoms with Crippen LogP contribution in [0.2, 0.25) is 0 Å². The number of hydrogen-bond acceptors (Lipinski definition) is 6. The largest absolute Gasteiger partial charge is 0.284 e. The van der Waals surface area contributed by atoms with Crippen molar-refractivity contribution in [2.24, 2.45) is 4.40 Å².